The molecule has 0 atom stereocenters. The lowest BCUT2D eigenvalue weighted by Gasteiger charge is -2.15. The molecule has 0 aliphatic rings. The smallest absolute Gasteiger partial charge is 0.105 e. The van der Waals surface area contributed by atoms with Gasteiger partial charge >= 0.3 is 0 Å². The van der Waals surface area contributed by atoms with Gasteiger partial charge in [-0.05, 0) is 27.7 Å². The lowest BCUT2D eigenvalue weighted by molar-refractivity contribution is 0.0734. The van der Waals surface area contributed by atoms with Crippen molar-refractivity contribution in [2.45, 2.75) is 33.3 Å². The summed E-state index contributed by atoms with van der Waals surface area (Å²) in [5.74, 6) is 0.935. The summed E-state index contributed by atoms with van der Waals surface area (Å²) in [4.78, 5) is 4.29. The van der Waals surface area contributed by atoms with E-state index in [1.54, 1.807) is 13.8 Å². The zero-order valence-corrected chi connectivity index (χ0v) is 8.34. The summed E-state index contributed by atoms with van der Waals surface area (Å²) in [7, 11) is 1.95. The fraction of sp³-hybridized carbons (Fsp3) is 0.667. The molecular formula is C9H16N2O. The van der Waals surface area contributed by atoms with Crippen molar-refractivity contribution in [3.05, 3.63) is 17.2 Å². The van der Waals surface area contributed by atoms with Gasteiger partial charge < -0.3 is 9.67 Å². The summed E-state index contributed by atoms with van der Waals surface area (Å²) in [6.45, 7) is 7.40. The molecule has 1 heterocycles. The van der Waals surface area contributed by atoms with Crippen molar-refractivity contribution < 1.29 is 5.11 Å². The first-order valence-corrected chi connectivity index (χ1v) is 4.07. The van der Waals surface area contributed by atoms with Crippen molar-refractivity contribution in [3.8, 4) is 0 Å². The van der Waals surface area contributed by atoms with E-state index in [9.17, 15) is 5.11 Å². The predicted octanol–water partition coefficient (Wildman–Crippen LogP) is 1.26. The number of aliphatic hydroxyl groups is 1. The van der Waals surface area contributed by atoms with Crippen LogP contribution in [0.3, 0.4) is 0 Å². The fourth-order valence-corrected chi connectivity index (χ4v) is 1.30. The Kier molecular flexibility index (Phi) is 2.00. The van der Waals surface area contributed by atoms with Crippen molar-refractivity contribution in [1.29, 1.82) is 0 Å². The fourth-order valence-electron chi connectivity index (χ4n) is 1.30. The average Bonchev–Trinajstić information content (AvgIpc) is 2.15. The Morgan fingerprint density at radius 2 is 1.83 bits per heavy atom. The molecule has 0 aromatic carbocycles. The third kappa shape index (κ3) is 1.37. The molecule has 0 spiro atoms. The normalized spacial score (nSPS) is 12.2. The molecule has 1 aromatic rings. The number of aromatic nitrogens is 2. The Morgan fingerprint density at radius 1 is 1.33 bits per heavy atom. The van der Waals surface area contributed by atoms with Crippen LogP contribution in [0.5, 0.6) is 0 Å². The van der Waals surface area contributed by atoms with E-state index in [1.807, 2.05) is 25.5 Å². The first-order valence-electron chi connectivity index (χ1n) is 4.07. The maximum absolute atomic E-state index is 9.73. The molecule has 0 saturated heterocycles. The monoisotopic (exact) mass is 168 g/mol. The van der Waals surface area contributed by atoms with Crippen LogP contribution in [0.4, 0.5) is 0 Å². The summed E-state index contributed by atoms with van der Waals surface area (Å²) in [5, 5.41) is 9.73. The number of rotatable bonds is 1. The van der Waals surface area contributed by atoms with E-state index in [0.717, 1.165) is 17.2 Å². The summed E-state index contributed by atoms with van der Waals surface area (Å²) in [5.41, 5.74) is 0.957. The number of aryl methyl sites for hydroxylation is 1. The SMILES string of the molecule is Cc1nc(C(C)(C)O)c(C)n1C. The largest absolute Gasteiger partial charge is 0.384 e. The summed E-state index contributed by atoms with van der Waals surface area (Å²) in [6.07, 6.45) is 0. The topological polar surface area (TPSA) is 38.1 Å². The van der Waals surface area contributed by atoms with Gasteiger partial charge in [-0.15, -0.1) is 0 Å². The Bertz CT molecular complexity index is 294. The number of hydrogen-bond acceptors (Lipinski definition) is 2. The van der Waals surface area contributed by atoms with Crippen LogP contribution in [-0.4, -0.2) is 14.7 Å². The van der Waals surface area contributed by atoms with Gasteiger partial charge in [-0.25, -0.2) is 4.98 Å². The Labute approximate surface area is 73.1 Å². The van der Waals surface area contributed by atoms with Crippen LogP contribution in [0.1, 0.15) is 31.1 Å². The second-order valence-corrected chi connectivity index (χ2v) is 3.71. The lowest BCUT2D eigenvalue weighted by atomic mass is 10.0. The van der Waals surface area contributed by atoms with E-state index in [2.05, 4.69) is 4.98 Å². The van der Waals surface area contributed by atoms with Gasteiger partial charge in [0.1, 0.15) is 11.4 Å². The predicted molar refractivity (Wildman–Crippen MR) is 47.9 cm³/mol. The van der Waals surface area contributed by atoms with E-state index in [1.165, 1.54) is 0 Å². The molecule has 0 fully saturated rings. The standard InChI is InChI=1S/C9H16N2O/c1-6-8(9(3,4)12)10-7(2)11(6)5/h12H,1-5H3. The minimum Gasteiger partial charge on any atom is -0.384 e. The van der Waals surface area contributed by atoms with Crippen molar-refractivity contribution in [1.82, 2.24) is 9.55 Å². The second kappa shape index (κ2) is 2.59. The Balaban J connectivity index is 3.28. The highest BCUT2D eigenvalue weighted by Gasteiger charge is 2.23. The molecule has 0 unspecified atom stereocenters. The molecule has 0 aliphatic carbocycles. The minimum atomic E-state index is -0.837. The molecular weight excluding hydrogens is 152 g/mol. The molecule has 3 heteroatoms. The van der Waals surface area contributed by atoms with Gasteiger partial charge in [0, 0.05) is 12.7 Å². The van der Waals surface area contributed by atoms with E-state index < -0.39 is 5.60 Å². The van der Waals surface area contributed by atoms with E-state index in [0.29, 0.717) is 0 Å². The maximum Gasteiger partial charge on any atom is 0.105 e. The van der Waals surface area contributed by atoms with E-state index in [-0.39, 0.29) is 0 Å². The molecule has 1 N–H and O–H groups in total. The first-order chi connectivity index (χ1) is 5.34. The second-order valence-electron chi connectivity index (χ2n) is 3.71. The van der Waals surface area contributed by atoms with Gasteiger partial charge in [0.25, 0.3) is 0 Å². The first kappa shape index (κ1) is 9.26. The third-order valence-electron chi connectivity index (χ3n) is 2.18. The maximum atomic E-state index is 9.73. The van der Waals surface area contributed by atoms with Crippen molar-refractivity contribution in [3.63, 3.8) is 0 Å². The molecule has 0 radical (unpaired) electrons. The van der Waals surface area contributed by atoms with E-state index >= 15 is 0 Å². The number of imidazole rings is 1. The number of nitrogens with zero attached hydrogens (tertiary/aromatic N) is 2. The van der Waals surface area contributed by atoms with Gasteiger partial charge in [-0.2, -0.15) is 0 Å². The zero-order chi connectivity index (χ0) is 9.52. The Hall–Kier alpha value is -0.830. The summed E-state index contributed by atoms with van der Waals surface area (Å²) in [6, 6.07) is 0. The highest BCUT2D eigenvalue weighted by molar-refractivity contribution is 5.20. The van der Waals surface area contributed by atoms with Gasteiger partial charge in [0.05, 0.1) is 5.69 Å². The molecule has 3 nitrogen and oxygen atoms in total. The third-order valence-corrected chi connectivity index (χ3v) is 2.18. The minimum absolute atomic E-state index is 0.766. The molecule has 0 saturated carbocycles. The Morgan fingerprint density at radius 3 is 2.00 bits per heavy atom. The van der Waals surface area contributed by atoms with Crippen LogP contribution in [0.15, 0.2) is 0 Å². The van der Waals surface area contributed by atoms with Crippen LogP contribution in [0.25, 0.3) is 0 Å². The molecule has 12 heavy (non-hydrogen) atoms. The van der Waals surface area contributed by atoms with Gasteiger partial charge in [-0.1, -0.05) is 0 Å². The van der Waals surface area contributed by atoms with Gasteiger partial charge in [-0.3, -0.25) is 0 Å². The van der Waals surface area contributed by atoms with Crippen molar-refractivity contribution >= 4 is 0 Å². The van der Waals surface area contributed by atoms with Crippen LogP contribution in [0, 0.1) is 13.8 Å². The lowest BCUT2D eigenvalue weighted by Crippen LogP contribution is -2.17. The van der Waals surface area contributed by atoms with Crippen molar-refractivity contribution in [2.75, 3.05) is 0 Å². The van der Waals surface area contributed by atoms with Crippen molar-refractivity contribution in [2.24, 2.45) is 7.05 Å². The van der Waals surface area contributed by atoms with E-state index in [4.69, 9.17) is 0 Å². The molecule has 0 bridgehead atoms. The van der Waals surface area contributed by atoms with Gasteiger partial charge in [0.15, 0.2) is 0 Å². The van der Waals surface area contributed by atoms with Crippen LogP contribution < -0.4 is 0 Å². The molecule has 1 aromatic heterocycles. The summed E-state index contributed by atoms with van der Waals surface area (Å²) >= 11 is 0. The van der Waals surface area contributed by atoms with Crippen LogP contribution in [0.2, 0.25) is 0 Å². The highest BCUT2D eigenvalue weighted by atomic mass is 16.3. The quantitative estimate of drug-likeness (QED) is 0.685. The number of hydrogen-bond donors (Lipinski definition) is 1. The highest BCUT2D eigenvalue weighted by Crippen LogP contribution is 2.22. The average molecular weight is 168 g/mol. The molecule has 0 aliphatic heterocycles. The van der Waals surface area contributed by atoms with Gasteiger partial charge in [0.2, 0.25) is 0 Å². The molecule has 1 rings (SSSR count). The molecule has 0 amide bonds. The summed E-state index contributed by atoms with van der Waals surface area (Å²) < 4.78 is 1.98. The molecule has 68 valence electrons. The zero-order valence-electron chi connectivity index (χ0n) is 8.34. The van der Waals surface area contributed by atoms with Crippen LogP contribution >= 0.6 is 0 Å². The van der Waals surface area contributed by atoms with Crippen LogP contribution in [-0.2, 0) is 12.6 Å².